The van der Waals surface area contributed by atoms with E-state index in [4.69, 9.17) is 9.47 Å². The normalized spacial score (nSPS) is 11.9. The fourth-order valence-electron chi connectivity index (χ4n) is 2.84. The molecule has 2 aromatic rings. The Morgan fingerprint density at radius 3 is 2.36 bits per heavy atom. The van der Waals surface area contributed by atoms with E-state index in [0.717, 1.165) is 22.4 Å². The molecule has 2 rings (SSSR count). The van der Waals surface area contributed by atoms with Gasteiger partial charge in [-0.25, -0.2) is 0 Å². The summed E-state index contributed by atoms with van der Waals surface area (Å²) >= 11 is 0. The summed E-state index contributed by atoms with van der Waals surface area (Å²) in [5.74, 6) is 1.78. The molecule has 4 heteroatoms. The van der Waals surface area contributed by atoms with E-state index >= 15 is 0 Å². The van der Waals surface area contributed by atoms with Gasteiger partial charge in [0.1, 0.15) is 11.5 Å². The topological polar surface area (TPSA) is 47.6 Å². The highest BCUT2D eigenvalue weighted by atomic mass is 16.5. The van der Waals surface area contributed by atoms with Gasteiger partial charge in [-0.2, -0.15) is 0 Å². The number of hydrogen-bond acceptors (Lipinski definition) is 3. The van der Waals surface area contributed by atoms with Gasteiger partial charge in [0, 0.05) is 0 Å². The van der Waals surface area contributed by atoms with Crippen LogP contribution in [0.25, 0.3) is 0 Å². The number of methoxy groups -OCH3 is 1. The summed E-state index contributed by atoms with van der Waals surface area (Å²) in [6.45, 7) is 8.28. The van der Waals surface area contributed by atoms with Gasteiger partial charge in [0.2, 0.25) is 0 Å². The molecule has 0 heterocycles. The molecule has 0 bridgehead atoms. The molecule has 0 unspecified atom stereocenters. The predicted molar refractivity (Wildman–Crippen MR) is 100 cm³/mol. The maximum atomic E-state index is 12.2. The highest BCUT2D eigenvalue weighted by Gasteiger charge is 2.17. The van der Waals surface area contributed by atoms with Crippen LogP contribution in [0.2, 0.25) is 0 Å². The van der Waals surface area contributed by atoms with E-state index in [-0.39, 0.29) is 18.6 Å². The van der Waals surface area contributed by atoms with Gasteiger partial charge in [-0.3, -0.25) is 4.79 Å². The number of hydrogen-bond donors (Lipinski definition) is 1. The number of carbonyl (C=O) groups is 1. The van der Waals surface area contributed by atoms with Crippen molar-refractivity contribution >= 4 is 5.91 Å². The van der Waals surface area contributed by atoms with Crippen molar-refractivity contribution in [3.05, 3.63) is 59.2 Å². The summed E-state index contributed by atoms with van der Waals surface area (Å²) in [5, 5.41) is 3.01. The van der Waals surface area contributed by atoms with Crippen LogP contribution in [0, 0.1) is 6.92 Å². The lowest BCUT2D eigenvalue weighted by Gasteiger charge is -2.21. The van der Waals surface area contributed by atoms with Crippen molar-refractivity contribution in [3.63, 3.8) is 0 Å². The summed E-state index contributed by atoms with van der Waals surface area (Å²) < 4.78 is 11.0. The fourth-order valence-corrected chi connectivity index (χ4v) is 2.84. The smallest absolute Gasteiger partial charge is 0.258 e. The van der Waals surface area contributed by atoms with Crippen LogP contribution >= 0.6 is 0 Å². The van der Waals surface area contributed by atoms with E-state index < -0.39 is 0 Å². The van der Waals surface area contributed by atoms with E-state index in [9.17, 15) is 4.79 Å². The summed E-state index contributed by atoms with van der Waals surface area (Å²) in [6, 6.07) is 13.4. The quantitative estimate of drug-likeness (QED) is 0.813. The first-order valence-electron chi connectivity index (χ1n) is 8.58. The Morgan fingerprint density at radius 2 is 1.76 bits per heavy atom. The third-order valence-electron chi connectivity index (χ3n) is 4.20. The first-order valence-corrected chi connectivity index (χ1v) is 8.58. The molecule has 1 amide bonds. The molecule has 4 nitrogen and oxygen atoms in total. The van der Waals surface area contributed by atoms with Gasteiger partial charge in [0.15, 0.2) is 6.61 Å². The second kappa shape index (κ2) is 8.56. The minimum absolute atomic E-state index is 0.000589. The van der Waals surface area contributed by atoms with Crippen molar-refractivity contribution in [1.82, 2.24) is 5.32 Å². The zero-order valence-electron chi connectivity index (χ0n) is 15.6. The Balaban J connectivity index is 2.05. The number of para-hydroxylation sites is 1. The van der Waals surface area contributed by atoms with Gasteiger partial charge in [0.05, 0.1) is 13.2 Å². The summed E-state index contributed by atoms with van der Waals surface area (Å²) in [7, 11) is 1.69. The third-order valence-corrected chi connectivity index (χ3v) is 4.20. The fraction of sp³-hybridized carbons (Fsp3) is 0.381. The van der Waals surface area contributed by atoms with Crippen LogP contribution in [0.15, 0.2) is 42.5 Å². The molecule has 2 aromatic carbocycles. The number of amides is 1. The molecule has 0 saturated heterocycles. The molecule has 0 aliphatic carbocycles. The van der Waals surface area contributed by atoms with E-state index in [1.165, 1.54) is 0 Å². The zero-order chi connectivity index (χ0) is 18.4. The van der Waals surface area contributed by atoms with Crippen molar-refractivity contribution in [3.8, 4) is 11.5 Å². The van der Waals surface area contributed by atoms with Crippen molar-refractivity contribution in [1.29, 1.82) is 0 Å². The van der Waals surface area contributed by atoms with Crippen LogP contribution in [0.1, 0.15) is 49.4 Å². The lowest BCUT2D eigenvalue weighted by Crippen LogP contribution is -2.31. The molecule has 0 aliphatic heterocycles. The number of aryl methyl sites for hydroxylation is 1. The van der Waals surface area contributed by atoms with Gasteiger partial charge < -0.3 is 14.8 Å². The lowest BCUT2D eigenvalue weighted by molar-refractivity contribution is -0.123. The van der Waals surface area contributed by atoms with E-state index in [1.54, 1.807) is 7.11 Å². The molecule has 0 saturated carbocycles. The molecule has 0 aliphatic rings. The SMILES string of the molecule is COc1cc(C)c([C@@H](C)NC(=O)COc2ccccc2)cc1C(C)C. The maximum absolute atomic E-state index is 12.2. The average molecular weight is 341 g/mol. The van der Waals surface area contributed by atoms with Gasteiger partial charge >= 0.3 is 0 Å². The minimum Gasteiger partial charge on any atom is -0.496 e. The summed E-state index contributed by atoms with van der Waals surface area (Å²) in [6.07, 6.45) is 0. The molecular formula is C21H27NO3. The Labute approximate surface area is 150 Å². The third kappa shape index (κ3) is 4.99. The molecule has 0 radical (unpaired) electrons. The molecule has 0 fully saturated rings. The van der Waals surface area contributed by atoms with Crippen molar-refractivity contribution in [2.45, 2.75) is 39.7 Å². The van der Waals surface area contributed by atoms with Crippen LogP contribution in [0.5, 0.6) is 11.5 Å². The minimum atomic E-state index is -0.141. The van der Waals surface area contributed by atoms with Gasteiger partial charge in [-0.1, -0.05) is 32.0 Å². The highest BCUT2D eigenvalue weighted by molar-refractivity contribution is 5.78. The van der Waals surface area contributed by atoms with E-state index in [0.29, 0.717) is 11.7 Å². The van der Waals surface area contributed by atoms with Crippen LogP contribution in [-0.2, 0) is 4.79 Å². The van der Waals surface area contributed by atoms with Crippen LogP contribution in [-0.4, -0.2) is 19.6 Å². The van der Waals surface area contributed by atoms with Crippen LogP contribution < -0.4 is 14.8 Å². The molecule has 25 heavy (non-hydrogen) atoms. The van der Waals surface area contributed by atoms with Crippen LogP contribution in [0.3, 0.4) is 0 Å². The predicted octanol–water partition coefficient (Wildman–Crippen LogP) is 4.38. The number of rotatable bonds is 7. The van der Waals surface area contributed by atoms with Gasteiger partial charge in [-0.15, -0.1) is 0 Å². The Hall–Kier alpha value is -2.49. The van der Waals surface area contributed by atoms with Crippen molar-refractivity contribution < 1.29 is 14.3 Å². The number of benzene rings is 2. The largest absolute Gasteiger partial charge is 0.496 e. The Bertz CT molecular complexity index is 711. The Kier molecular flexibility index (Phi) is 6.45. The number of ether oxygens (including phenoxy) is 2. The zero-order valence-corrected chi connectivity index (χ0v) is 15.6. The molecular weight excluding hydrogens is 314 g/mol. The standard InChI is InChI=1S/C21H27NO3/c1-14(2)18-12-19(15(3)11-20(18)24-5)16(4)22-21(23)13-25-17-9-7-6-8-10-17/h6-12,14,16H,13H2,1-5H3,(H,22,23)/t16-/m1/s1. The van der Waals surface area contributed by atoms with Gasteiger partial charge in [0.25, 0.3) is 5.91 Å². The summed E-state index contributed by atoms with van der Waals surface area (Å²) in [4.78, 5) is 12.2. The second-order valence-corrected chi connectivity index (χ2v) is 6.50. The molecule has 0 aromatic heterocycles. The molecule has 1 N–H and O–H groups in total. The second-order valence-electron chi connectivity index (χ2n) is 6.50. The lowest BCUT2D eigenvalue weighted by atomic mass is 9.93. The average Bonchev–Trinajstić information content (AvgIpc) is 2.60. The van der Waals surface area contributed by atoms with Crippen LogP contribution in [0.4, 0.5) is 0 Å². The maximum Gasteiger partial charge on any atom is 0.258 e. The highest BCUT2D eigenvalue weighted by Crippen LogP contribution is 2.32. The van der Waals surface area contributed by atoms with Crippen molar-refractivity contribution in [2.24, 2.45) is 0 Å². The first-order chi connectivity index (χ1) is 11.9. The Morgan fingerprint density at radius 1 is 1.08 bits per heavy atom. The summed E-state index contributed by atoms with van der Waals surface area (Å²) in [5.41, 5.74) is 3.33. The molecule has 1 atom stereocenters. The van der Waals surface area contributed by atoms with Gasteiger partial charge in [-0.05, 0) is 60.7 Å². The van der Waals surface area contributed by atoms with E-state index in [2.05, 4.69) is 25.2 Å². The van der Waals surface area contributed by atoms with Crippen molar-refractivity contribution in [2.75, 3.05) is 13.7 Å². The monoisotopic (exact) mass is 341 g/mol. The number of carbonyl (C=O) groups excluding carboxylic acids is 1. The number of nitrogens with one attached hydrogen (secondary N) is 1. The molecule has 0 spiro atoms. The molecule has 134 valence electrons. The first kappa shape index (κ1) is 18.8. The van der Waals surface area contributed by atoms with E-state index in [1.807, 2.05) is 50.2 Å².